The molecule has 0 atom stereocenters. The van der Waals surface area contributed by atoms with Gasteiger partial charge in [-0.25, -0.2) is 22.8 Å². The molecule has 5 aromatic rings. The number of anilines is 5. The van der Waals surface area contributed by atoms with Gasteiger partial charge in [0.2, 0.25) is 11.9 Å². The van der Waals surface area contributed by atoms with Gasteiger partial charge in [-0.1, -0.05) is 24.3 Å². The highest BCUT2D eigenvalue weighted by molar-refractivity contribution is 7.89. The number of rotatable bonds is 8. The first-order valence-corrected chi connectivity index (χ1v) is 14.2. The highest BCUT2D eigenvalue weighted by atomic mass is 32.2. The van der Waals surface area contributed by atoms with Crippen molar-refractivity contribution in [3.8, 4) is 0 Å². The molecule has 0 aliphatic heterocycles. The van der Waals surface area contributed by atoms with Crippen LogP contribution < -0.4 is 16.0 Å². The maximum Gasteiger partial charge on any atom is 0.229 e. The van der Waals surface area contributed by atoms with Gasteiger partial charge in [0.15, 0.2) is 9.84 Å². The molecule has 200 valence electrons. The number of aryl methyl sites for hydroxylation is 1. The van der Waals surface area contributed by atoms with Gasteiger partial charge < -0.3 is 20.5 Å². The average molecular weight is 546 g/mol. The Morgan fingerprint density at radius 1 is 0.974 bits per heavy atom. The Morgan fingerprint density at radius 2 is 1.67 bits per heavy atom. The van der Waals surface area contributed by atoms with E-state index < -0.39 is 9.84 Å². The zero-order valence-electron chi connectivity index (χ0n) is 21.8. The van der Waals surface area contributed by atoms with Gasteiger partial charge in [0.1, 0.15) is 11.6 Å². The van der Waals surface area contributed by atoms with Crippen molar-refractivity contribution < 1.29 is 12.8 Å². The molecule has 0 aliphatic rings. The number of sulfone groups is 1. The summed E-state index contributed by atoms with van der Waals surface area (Å²) < 4.78 is 38.5. The molecule has 0 spiro atoms. The molecule has 0 fully saturated rings. The number of imidazole rings is 1. The molecule has 2 heterocycles. The van der Waals surface area contributed by atoms with E-state index in [1.165, 1.54) is 18.4 Å². The SMILES string of the molecule is CN(c1ccnc(Nc2ccc(CS(C)(=O)=O)cc2)n1)c1ccc2c(nc(N)n2C)c1Cc1ccc(F)cc1. The maximum absolute atomic E-state index is 13.6. The predicted octanol–water partition coefficient (Wildman–Crippen LogP) is 4.73. The van der Waals surface area contributed by atoms with Crippen LogP contribution >= 0.6 is 0 Å². The molecule has 5 rings (SSSR count). The fourth-order valence-electron chi connectivity index (χ4n) is 4.45. The lowest BCUT2D eigenvalue weighted by atomic mass is 10.0. The monoisotopic (exact) mass is 545 g/mol. The number of hydrogen-bond acceptors (Lipinski definition) is 8. The fourth-order valence-corrected chi connectivity index (χ4v) is 5.25. The van der Waals surface area contributed by atoms with E-state index in [1.807, 2.05) is 35.7 Å². The number of benzene rings is 3. The van der Waals surface area contributed by atoms with E-state index in [4.69, 9.17) is 10.7 Å². The molecule has 0 saturated carbocycles. The van der Waals surface area contributed by atoms with Crippen molar-refractivity contribution in [1.82, 2.24) is 19.5 Å². The standard InChI is InChI=1S/C28H28FN7O2S/c1-35(25-14-15-31-28(33-25)32-21-10-6-19(7-11-21)17-39(3,37)38)23-12-13-24-26(34-27(30)36(24)2)22(23)16-18-4-8-20(29)9-5-18/h4-15H,16-17H2,1-3H3,(H2,30,34)(H,31,32,33). The fraction of sp³-hybridized carbons (Fsp3) is 0.179. The summed E-state index contributed by atoms with van der Waals surface area (Å²) in [5.41, 5.74) is 12.0. The lowest BCUT2D eigenvalue weighted by Gasteiger charge is -2.22. The van der Waals surface area contributed by atoms with Crippen LogP contribution in [0.5, 0.6) is 0 Å². The Balaban J connectivity index is 1.47. The van der Waals surface area contributed by atoms with Gasteiger partial charge in [0, 0.05) is 49.9 Å². The van der Waals surface area contributed by atoms with E-state index >= 15 is 0 Å². The Bertz CT molecular complexity index is 1750. The van der Waals surface area contributed by atoms with Crippen LogP contribution in [0, 0.1) is 5.82 Å². The number of fused-ring (bicyclic) bond motifs is 1. The molecule has 0 aliphatic carbocycles. The zero-order valence-corrected chi connectivity index (χ0v) is 22.6. The van der Waals surface area contributed by atoms with Gasteiger partial charge in [0.05, 0.1) is 16.8 Å². The number of halogens is 1. The molecule has 3 N–H and O–H groups in total. The third-order valence-electron chi connectivity index (χ3n) is 6.45. The molecule has 0 amide bonds. The molecule has 39 heavy (non-hydrogen) atoms. The molecule has 0 bridgehead atoms. The van der Waals surface area contributed by atoms with Gasteiger partial charge in [-0.15, -0.1) is 0 Å². The molecule has 3 aromatic carbocycles. The lowest BCUT2D eigenvalue weighted by Crippen LogP contribution is -2.15. The Hall–Kier alpha value is -4.51. The molecule has 2 aromatic heterocycles. The van der Waals surface area contributed by atoms with Crippen LogP contribution in [0.25, 0.3) is 11.0 Å². The first-order chi connectivity index (χ1) is 18.6. The van der Waals surface area contributed by atoms with Crippen molar-refractivity contribution in [2.75, 3.05) is 29.3 Å². The highest BCUT2D eigenvalue weighted by Gasteiger charge is 2.19. The average Bonchev–Trinajstić information content (AvgIpc) is 3.19. The number of aromatic nitrogens is 4. The maximum atomic E-state index is 13.6. The zero-order chi connectivity index (χ0) is 27.7. The van der Waals surface area contributed by atoms with Gasteiger partial charge in [-0.05, 0) is 53.6 Å². The number of hydrogen-bond donors (Lipinski definition) is 2. The van der Waals surface area contributed by atoms with Crippen molar-refractivity contribution in [1.29, 1.82) is 0 Å². The topological polar surface area (TPSA) is 119 Å². The highest BCUT2D eigenvalue weighted by Crippen LogP contribution is 2.34. The minimum absolute atomic E-state index is 0.0173. The Morgan fingerprint density at radius 3 is 2.36 bits per heavy atom. The first-order valence-electron chi connectivity index (χ1n) is 12.2. The van der Waals surface area contributed by atoms with Crippen LogP contribution in [-0.4, -0.2) is 41.2 Å². The van der Waals surface area contributed by atoms with Crippen LogP contribution in [0.4, 0.5) is 33.5 Å². The molecule has 0 unspecified atom stereocenters. The second-order valence-electron chi connectivity index (χ2n) is 9.45. The van der Waals surface area contributed by atoms with E-state index in [1.54, 1.807) is 48.7 Å². The molecule has 0 saturated heterocycles. The molecule has 11 heteroatoms. The summed E-state index contributed by atoms with van der Waals surface area (Å²) >= 11 is 0. The van der Waals surface area contributed by atoms with E-state index in [2.05, 4.69) is 15.3 Å². The minimum atomic E-state index is -3.11. The summed E-state index contributed by atoms with van der Waals surface area (Å²) in [4.78, 5) is 15.6. The molecular formula is C28H28FN7O2S. The van der Waals surface area contributed by atoms with Crippen LogP contribution in [0.1, 0.15) is 16.7 Å². The number of nitrogens with two attached hydrogens (primary N) is 1. The quantitative estimate of drug-likeness (QED) is 0.287. The summed E-state index contributed by atoms with van der Waals surface area (Å²) in [7, 11) is 0.666. The van der Waals surface area contributed by atoms with Crippen molar-refractivity contribution >= 4 is 50.0 Å². The lowest BCUT2D eigenvalue weighted by molar-refractivity contribution is 0.601. The van der Waals surface area contributed by atoms with Crippen LogP contribution in [0.3, 0.4) is 0 Å². The van der Waals surface area contributed by atoms with Crippen molar-refractivity contribution in [2.45, 2.75) is 12.2 Å². The number of nitrogens with one attached hydrogen (secondary N) is 1. The Labute approximate surface area is 226 Å². The van der Waals surface area contributed by atoms with E-state index in [0.717, 1.165) is 33.5 Å². The minimum Gasteiger partial charge on any atom is -0.369 e. The summed E-state index contributed by atoms with van der Waals surface area (Å²) in [6.07, 6.45) is 3.39. The molecule has 9 nitrogen and oxygen atoms in total. The van der Waals surface area contributed by atoms with Crippen LogP contribution in [-0.2, 0) is 29.1 Å². The largest absolute Gasteiger partial charge is 0.369 e. The third-order valence-corrected chi connectivity index (χ3v) is 7.30. The van der Waals surface area contributed by atoms with Crippen molar-refractivity contribution in [3.63, 3.8) is 0 Å². The second kappa shape index (κ2) is 10.3. The van der Waals surface area contributed by atoms with Gasteiger partial charge >= 0.3 is 0 Å². The molecule has 0 radical (unpaired) electrons. The summed E-state index contributed by atoms with van der Waals surface area (Å²) in [5, 5.41) is 3.17. The second-order valence-corrected chi connectivity index (χ2v) is 11.6. The van der Waals surface area contributed by atoms with Gasteiger partial charge in [-0.3, -0.25) is 0 Å². The Kier molecular flexibility index (Phi) is 6.92. The molecular weight excluding hydrogens is 517 g/mol. The summed E-state index contributed by atoms with van der Waals surface area (Å²) in [5.74, 6) is 1.13. The predicted molar refractivity (Wildman–Crippen MR) is 153 cm³/mol. The summed E-state index contributed by atoms with van der Waals surface area (Å²) in [6.45, 7) is 0. The normalized spacial score (nSPS) is 11.6. The third kappa shape index (κ3) is 5.83. The van der Waals surface area contributed by atoms with Crippen molar-refractivity contribution in [3.05, 3.63) is 95.4 Å². The number of nitrogens with zero attached hydrogens (tertiary/aromatic N) is 5. The van der Waals surface area contributed by atoms with Crippen molar-refractivity contribution in [2.24, 2.45) is 7.05 Å². The first kappa shape index (κ1) is 26.1. The van der Waals surface area contributed by atoms with Gasteiger partial charge in [0.25, 0.3) is 0 Å². The van der Waals surface area contributed by atoms with Crippen LogP contribution in [0.15, 0.2) is 72.9 Å². The van der Waals surface area contributed by atoms with Crippen LogP contribution in [0.2, 0.25) is 0 Å². The van der Waals surface area contributed by atoms with E-state index in [0.29, 0.717) is 29.7 Å². The van der Waals surface area contributed by atoms with Gasteiger partial charge in [-0.2, -0.15) is 4.98 Å². The van der Waals surface area contributed by atoms with E-state index in [9.17, 15) is 12.8 Å². The summed E-state index contributed by atoms with van der Waals surface area (Å²) in [6, 6.07) is 19.3. The van der Waals surface area contributed by atoms with E-state index in [-0.39, 0.29) is 11.6 Å². The smallest absolute Gasteiger partial charge is 0.229 e. The number of nitrogen functional groups attached to an aromatic ring is 1.